The Kier molecular flexibility index (Phi) is 20.2. The van der Waals surface area contributed by atoms with E-state index in [4.69, 9.17) is 15.6 Å². The van der Waals surface area contributed by atoms with Crippen LogP contribution in [0.1, 0.15) is 85.4 Å². The molecule has 0 bridgehead atoms. The second kappa shape index (κ2) is 22.2. The Labute approximate surface area is 236 Å². The van der Waals surface area contributed by atoms with Gasteiger partial charge in [0.15, 0.2) is 6.61 Å². The van der Waals surface area contributed by atoms with Crippen molar-refractivity contribution < 1.29 is 38.6 Å². The average molecular weight is 565 g/mol. The van der Waals surface area contributed by atoms with Crippen LogP contribution in [0.2, 0.25) is 0 Å². The van der Waals surface area contributed by atoms with Gasteiger partial charge in [0.1, 0.15) is 24.4 Å². The number of hydrogen-bond donors (Lipinski definition) is 4. The number of unbranched alkanes of at least 4 members (excludes halogenated alkanes) is 5. The van der Waals surface area contributed by atoms with Gasteiger partial charge in [-0.05, 0) is 37.9 Å². The quantitative estimate of drug-likeness (QED) is 0.123. The number of amides is 4. The van der Waals surface area contributed by atoms with Gasteiger partial charge in [0.05, 0.1) is 11.1 Å². The zero-order valence-electron chi connectivity index (χ0n) is 23.8. The van der Waals surface area contributed by atoms with E-state index in [9.17, 15) is 28.8 Å². The fourth-order valence-corrected chi connectivity index (χ4v) is 3.84. The van der Waals surface area contributed by atoms with Crippen LogP contribution in [0.25, 0.3) is 0 Å². The van der Waals surface area contributed by atoms with E-state index < -0.39 is 23.8 Å². The van der Waals surface area contributed by atoms with Crippen LogP contribution < -0.4 is 21.1 Å². The van der Waals surface area contributed by atoms with Crippen molar-refractivity contribution in [2.75, 3.05) is 33.9 Å². The second-order valence-electron chi connectivity index (χ2n) is 8.66. The SMILES string of the molecule is CCC=O.CNC(=O)C(CCC=O)N1C(=O)c2cccc(OCC(=O)NCCCCCCCCN)c2C1=O.CO. The van der Waals surface area contributed by atoms with Gasteiger partial charge in [-0.3, -0.25) is 24.1 Å². The van der Waals surface area contributed by atoms with E-state index >= 15 is 0 Å². The number of rotatable bonds is 17. The number of imide groups is 1. The summed E-state index contributed by atoms with van der Waals surface area (Å²) < 4.78 is 5.57. The number of benzene rings is 1. The van der Waals surface area contributed by atoms with Crippen molar-refractivity contribution in [2.24, 2.45) is 5.73 Å². The van der Waals surface area contributed by atoms with Crippen LogP contribution in [-0.4, -0.2) is 86.1 Å². The molecule has 5 N–H and O–H groups in total. The highest BCUT2D eigenvalue weighted by molar-refractivity contribution is 6.24. The highest BCUT2D eigenvalue weighted by Gasteiger charge is 2.44. The van der Waals surface area contributed by atoms with Gasteiger partial charge in [-0.15, -0.1) is 0 Å². The van der Waals surface area contributed by atoms with E-state index in [0.717, 1.165) is 56.8 Å². The van der Waals surface area contributed by atoms with Gasteiger partial charge in [0, 0.05) is 33.5 Å². The molecule has 2 rings (SSSR count). The second-order valence-corrected chi connectivity index (χ2v) is 8.66. The molecule has 224 valence electrons. The first-order chi connectivity index (χ1) is 19.4. The number of aldehydes is 2. The summed E-state index contributed by atoms with van der Waals surface area (Å²) in [5.41, 5.74) is 5.58. The van der Waals surface area contributed by atoms with Crippen LogP contribution in [0.15, 0.2) is 18.2 Å². The van der Waals surface area contributed by atoms with Crippen LogP contribution in [-0.2, 0) is 19.2 Å². The number of nitrogens with one attached hydrogen (secondary N) is 2. The Morgan fingerprint density at radius 2 is 1.65 bits per heavy atom. The summed E-state index contributed by atoms with van der Waals surface area (Å²) in [4.78, 5) is 71.3. The molecule has 1 atom stereocenters. The fourth-order valence-electron chi connectivity index (χ4n) is 3.84. The van der Waals surface area contributed by atoms with Crippen molar-refractivity contribution in [1.29, 1.82) is 0 Å². The van der Waals surface area contributed by atoms with E-state index in [1.807, 2.05) is 6.92 Å². The average Bonchev–Trinajstić information content (AvgIpc) is 3.24. The summed E-state index contributed by atoms with van der Waals surface area (Å²) in [7, 11) is 2.39. The van der Waals surface area contributed by atoms with Gasteiger partial charge < -0.3 is 35.8 Å². The highest BCUT2D eigenvalue weighted by Crippen LogP contribution is 2.33. The van der Waals surface area contributed by atoms with Crippen molar-refractivity contribution in [3.8, 4) is 5.75 Å². The monoisotopic (exact) mass is 564 g/mol. The lowest BCUT2D eigenvalue weighted by Gasteiger charge is -2.24. The first-order valence-electron chi connectivity index (χ1n) is 13.5. The Morgan fingerprint density at radius 1 is 1.02 bits per heavy atom. The van der Waals surface area contributed by atoms with Crippen LogP contribution in [0.5, 0.6) is 5.75 Å². The molecule has 0 aliphatic carbocycles. The normalized spacial score (nSPS) is 12.2. The summed E-state index contributed by atoms with van der Waals surface area (Å²) >= 11 is 0. The molecule has 1 heterocycles. The van der Waals surface area contributed by atoms with Gasteiger partial charge in [0.25, 0.3) is 17.7 Å². The summed E-state index contributed by atoms with van der Waals surface area (Å²) in [6, 6.07) is 3.40. The molecule has 1 aromatic carbocycles. The maximum atomic E-state index is 13.1. The van der Waals surface area contributed by atoms with Crippen molar-refractivity contribution in [2.45, 2.75) is 70.8 Å². The number of nitrogens with zero attached hydrogens (tertiary/aromatic N) is 1. The van der Waals surface area contributed by atoms with E-state index in [-0.39, 0.29) is 42.2 Å². The maximum absolute atomic E-state index is 13.1. The van der Waals surface area contributed by atoms with Gasteiger partial charge >= 0.3 is 0 Å². The molecule has 1 aliphatic rings. The summed E-state index contributed by atoms with van der Waals surface area (Å²) in [5.74, 6) is -2.10. The van der Waals surface area contributed by atoms with E-state index in [0.29, 0.717) is 25.8 Å². The maximum Gasteiger partial charge on any atom is 0.266 e. The zero-order valence-corrected chi connectivity index (χ0v) is 23.8. The van der Waals surface area contributed by atoms with E-state index in [1.54, 1.807) is 6.07 Å². The van der Waals surface area contributed by atoms with Crippen LogP contribution in [0.3, 0.4) is 0 Å². The molecule has 0 radical (unpaired) electrons. The molecule has 40 heavy (non-hydrogen) atoms. The van der Waals surface area contributed by atoms with Crippen molar-refractivity contribution >= 4 is 36.2 Å². The summed E-state index contributed by atoms with van der Waals surface area (Å²) in [6.07, 6.45) is 8.43. The molecular weight excluding hydrogens is 520 g/mol. The molecule has 0 aromatic heterocycles. The Balaban J connectivity index is 0.00000232. The van der Waals surface area contributed by atoms with E-state index in [1.165, 1.54) is 19.2 Å². The van der Waals surface area contributed by atoms with Crippen molar-refractivity contribution in [3.63, 3.8) is 0 Å². The van der Waals surface area contributed by atoms with Crippen LogP contribution >= 0.6 is 0 Å². The molecule has 1 aliphatic heterocycles. The zero-order chi connectivity index (χ0) is 30.3. The Bertz CT molecular complexity index is 954. The number of nitrogens with two attached hydrogens (primary N) is 1. The molecule has 12 heteroatoms. The molecule has 0 saturated heterocycles. The van der Waals surface area contributed by atoms with E-state index in [2.05, 4.69) is 10.6 Å². The molecule has 4 amide bonds. The number of carbonyl (C=O) groups is 6. The number of ether oxygens (including phenoxy) is 1. The molecule has 1 unspecified atom stereocenters. The smallest absolute Gasteiger partial charge is 0.266 e. The lowest BCUT2D eigenvalue weighted by atomic mass is 10.1. The molecule has 12 nitrogen and oxygen atoms in total. The Morgan fingerprint density at radius 3 is 2.23 bits per heavy atom. The minimum absolute atomic E-state index is 0.0118. The standard InChI is InChI=1S/C24H34N4O6.C3H6O.CH4O/c1-26-22(31)18(11-9-15-29)28-23(32)17-10-8-12-19(21(17)24(28)33)34-16-20(30)27-14-7-5-3-2-4-6-13-25;1-2-3-4;1-2/h8,10,12,15,18H,2-7,9,11,13-14,16,25H2,1H3,(H,26,31)(H,27,30);3H,2H2,1H3;2H,1H3. The van der Waals surface area contributed by atoms with Crippen molar-refractivity contribution in [3.05, 3.63) is 29.3 Å². The largest absolute Gasteiger partial charge is 0.483 e. The number of likely N-dealkylation sites (N-methyl/N-ethyl adjacent to an activating group) is 1. The number of carbonyl (C=O) groups excluding carboxylic acids is 6. The lowest BCUT2D eigenvalue weighted by Crippen LogP contribution is -2.48. The number of aliphatic hydroxyl groups excluding tert-OH is 1. The minimum Gasteiger partial charge on any atom is -0.483 e. The predicted molar refractivity (Wildman–Crippen MR) is 150 cm³/mol. The third-order valence-electron chi connectivity index (χ3n) is 5.81. The first kappa shape index (κ1) is 36.4. The van der Waals surface area contributed by atoms with Crippen LogP contribution in [0.4, 0.5) is 0 Å². The number of aliphatic hydroxyl groups is 1. The van der Waals surface area contributed by atoms with Gasteiger partial charge in [0.2, 0.25) is 5.91 Å². The lowest BCUT2D eigenvalue weighted by molar-refractivity contribution is -0.125. The third-order valence-corrected chi connectivity index (χ3v) is 5.81. The molecular formula is C28H44N4O8. The molecule has 1 aromatic rings. The van der Waals surface area contributed by atoms with Gasteiger partial charge in [-0.2, -0.15) is 0 Å². The van der Waals surface area contributed by atoms with Crippen LogP contribution in [0, 0.1) is 0 Å². The molecule has 0 spiro atoms. The topological polar surface area (TPSA) is 185 Å². The van der Waals surface area contributed by atoms with Crippen molar-refractivity contribution in [1.82, 2.24) is 15.5 Å². The molecule has 0 fully saturated rings. The molecule has 0 saturated carbocycles. The summed E-state index contributed by atoms with van der Waals surface area (Å²) in [5, 5.41) is 12.2. The predicted octanol–water partition coefficient (Wildman–Crippen LogP) is 1.37. The van der Waals surface area contributed by atoms with Gasteiger partial charge in [-0.25, -0.2) is 0 Å². The Hall–Kier alpha value is -3.64. The third kappa shape index (κ3) is 12.0. The van der Waals surface area contributed by atoms with Gasteiger partial charge in [-0.1, -0.05) is 38.7 Å². The number of hydrogen-bond acceptors (Lipinski definition) is 9. The highest BCUT2D eigenvalue weighted by atomic mass is 16.5. The summed E-state index contributed by atoms with van der Waals surface area (Å²) in [6.45, 7) is 2.75. The fraction of sp³-hybridized carbons (Fsp3) is 0.571. The number of fused-ring (bicyclic) bond motifs is 1. The first-order valence-corrected chi connectivity index (χ1v) is 13.5. The minimum atomic E-state index is -1.12.